The van der Waals surface area contributed by atoms with Crippen molar-refractivity contribution in [1.29, 1.82) is 0 Å². The summed E-state index contributed by atoms with van der Waals surface area (Å²) in [7, 11) is 0. The summed E-state index contributed by atoms with van der Waals surface area (Å²) in [5.41, 5.74) is -0.369. The summed E-state index contributed by atoms with van der Waals surface area (Å²) >= 11 is 3.50. The van der Waals surface area contributed by atoms with Crippen LogP contribution in [0.15, 0.2) is 0 Å². The van der Waals surface area contributed by atoms with E-state index >= 15 is 0 Å². The number of hydrogen-bond acceptors (Lipinski definition) is 5. The van der Waals surface area contributed by atoms with Gasteiger partial charge in [0, 0.05) is 22.8 Å². The molecule has 6 heteroatoms. The van der Waals surface area contributed by atoms with Crippen molar-refractivity contribution in [3.8, 4) is 0 Å². The number of rotatable bonds is 4. The van der Waals surface area contributed by atoms with Crippen molar-refractivity contribution in [1.82, 2.24) is 4.90 Å². The zero-order chi connectivity index (χ0) is 14.5. The maximum absolute atomic E-state index is 12.6. The Labute approximate surface area is 124 Å². The molecule has 0 N–H and O–H groups in total. The first-order chi connectivity index (χ1) is 8.86. The molecular weight excluding hydrogens is 282 g/mol. The van der Waals surface area contributed by atoms with Gasteiger partial charge in [-0.1, -0.05) is 0 Å². The molecule has 0 unspecified atom stereocenters. The van der Waals surface area contributed by atoms with Crippen molar-refractivity contribution in [2.24, 2.45) is 0 Å². The number of carbonyl (C=O) groups excluding carboxylic acids is 2. The second kappa shape index (κ2) is 7.43. The van der Waals surface area contributed by atoms with Gasteiger partial charge in [-0.05, 0) is 27.7 Å². The SMILES string of the molecule is CCOC(=O)CN(C(=O)[C@H]1CSCCS1)C(C)(C)C. The molecule has 19 heavy (non-hydrogen) atoms. The Hall–Kier alpha value is -0.360. The highest BCUT2D eigenvalue weighted by Gasteiger charge is 2.34. The molecule has 0 radical (unpaired) electrons. The summed E-state index contributed by atoms with van der Waals surface area (Å²) in [6.07, 6.45) is 0. The predicted octanol–water partition coefficient (Wildman–Crippen LogP) is 2.03. The fraction of sp³-hybridized carbons (Fsp3) is 0.846. The maximum Gasteiger partial charge on any atom is 0.325 e. The van der Waals surface area contributed by atoms with Gasteiger partial charge in [0.1, 0.15) is 6.54 Å². The number of esters is 1. The van der Waals surface area contributed by atoms with Gasteiger partial charge in [0.2, 0.25) is 5.91 Å². The molecule has 1 saturated heterocycles. The Morgan fingerprint density at radius 1 is 1.32 bits per heavy atom. The van der Waals surface area contributed by atoms with Gasteiger partial charge < -0.3 is 9.64 Å². The minimum Gasteiger partial charge on any atom is -0.465 e. The second-order valence-electron chi connectivity index (χ2n) is 5.33. The molecule has 1 fully saturated rings. The van der Waals surface area contributed by atoms with E-state index in [2.05, 4.69) is 0 Å². The maximum atomic E-state index is 12.6. The Morgan fingerprint density at radius 2 is 2.00 bits per heavy atom. The van der Waals surface area contributed by atoms with Crippen LogP contribution in [0.2, 0.25) is 0 Å². The lowest BCUT2D eigenvalue weighted by atomic mass is 10.1. The molecule has 4 nitrogen and oxygen atoms in total. The minimum atomic E-state index is -0.369. The van der Waals surface area contributed by atoms with Crippen LogP contribution in [0.4, 0.5) is 0 Å². The fourth-order valence-electron chi connectivity index (χ4n) is 1.79. The van der Waals surface area contributed by atoms with Gasteiger partial charge in [0.25, 0.3) is 0 Å². The zero-order valence-electron chi connectivity index (χ0n) is 12.1. The molecule has 0 spiro atoms. The molecule has 0 aromatic heterocycles. The van der Waals surface area contributed by atoms with Crippen LogP contribution in [0, 0.1) is 0 Å². The first-order valence-corrected chi connectivity index (χ1v) is 8.73. The molecule has 0 aromatic carbocycles. The van der Waals surface area contributed by atoms with Crippen LogP contribution in [0.3, 0.4) is 0 Å². The van der Waals surface area contributed by atoms with Crippen LogP contribution in [0.5, 0.6) is 0 Å². The number of hydrogen-bond donors (Lipinski definition) is 0. The minimum absolute atomic E-state index is 0.0348. The van der Waals surface area contributed by atoms with E-state index in [1.165, 1.54) is 0 Å². The summed E-state index contributed by atoms with van der Waals surface area (Å²) in [5.74, 6) is 2.65. The number of carbonyl (C=O) groups is 2. The summed E-state index contributed by atoms with van der Waals surface area (Å²) in [6.45, 7) is 8.01. The van der Waals surface area contributed by atoms with E-state index in [-0.39, 0.29) is 29.2 Å². The van der Waals surface area contributed by atoms with Crippen molar-refractivity contribution < 1.29 is 14.3 Å². The van der Waals surface area contributed by atoms with Gasteiger partial charge in [-0.2, -0.15) is 11.8 Å². The summed E-state index contributed by atoms with van der Waals surface area (Å²) in [6, 6.07) is 0. The molecule has 110 valence electrons. The van der Waals surface area contributed by atoms with Crippen molar-refractivity contribution in [3.63, 3.8) is 0 Å². The molecule has 1 atom stereocenters. The zero-order valence-corrected chi connectivity index (χ0v) is 13.7. The molecule has 1 rings (SSSR count). The fourth-order valence-corrected chi connectivity index (χ4v) is 4.39. The van der Waals surface area contributed by atoms with Gasteiger partial charge >= 0.3 is 5.97 Å². The first kappa shape index (κ1) is 16.7. The standard InChI is InChI=1S/C13H23NO3S2/c1-5-17-11(15)8-14(13(2,3)4)12(16)10-9-18-6-7-19-10/h10H,5-9H2,1-4H3/t10-/m1/s1. The third kappa shape index (κ3) is 5.26. The van der Waals surface area contributed by atoms with Crippen LogP contribution >= 0.6 is 23.5 Å². The van der Waals surface area contributed by atoms with Crippen molar-refractivity contribution >= 4 is 35.4 Å². The third-order valence-electron chi connectivity index (χ3n) is 2.76. The van der Waals surface area contributed by atoms with E-state index in [0.717, 1.165) is 17.3 Å². The molecule has 1 heterocycles. The molecule has 1 aliphatic heterocycles. The van der Waals surface area contributed by atoms with Gasteiger partial charge in [-0.15, -0.1) is 11.8 Å². The van der Waals surface area contributed by atoms with Gasteiger partial charge in [0.05, 0.1) is 11.9 Å². The van der Waals surface area contributed by atoms with E-state index in [9.17, 15) is 9.59 Å². The Morgan fingerprint density at radius 3 is 2.47 bits per heavy atom. The van der Waals surface area contributed by atoms with E-state index in [1.807, 2.05) is 20.8 Å². The van der Waals surface area contributed by atoms with Crippen molar-refractivity contribution in [2.75, 3.05) is 30.4 Å². The first-order valence-electron chi connectivity index (χ1n) is 6.52. The summed E-state index contributed by atoms with van der Waals surface area (Å²) < 4.78 is 4.96. The average molecular weight is 305 g/mol. The predicted molar refractivity (Wildman–Crippen MR) is 81.7 cm³/mol. The Balaban J connectivity index is 2.72. The average Bonchev–Trinajstić information content (AvgIpc) is 2.35. The highest BCUT2D eigenvalue weighted by atomic mass is 32.2. The lowest BCUT2D eigenvalue weighted by Gasteiger charge is -2.37. The van der Waals surface area contributed by atoms with Crippen LogP contribution in [0.1, 0.15) is 27.7 Å². The number of amides is 1. The van der Waals surface area contributed by atoms with E-state index in [4.69, 9.17) is 4.74 Å². The summed E-state index contributed by atoms with van der Waals surface area (Å²) in [5, 5.41) is -0.0348. The molecule has 0 bridgehead atoms. The molecule has 0 saturated carbocycles. The van der Waals surface area contributed by atoms with Gasteiger partial charge in [-0.3, -0.25) is 9.59 Å². The lowest BCUT2D eigenvalue weighted by molar-refractivity contribution is -0.151. The van der Waals surface area contributed by atoms with E-state index in [0.29, 0.717) is 6.61 Å². The number of thioether (sulfide) groups is 2. The normalized spacial score (nSPS) is 19.9. The highest BCUT2D eigenvalue weighted by Crippen LogP contribution is 2.27. The van der Waals surface area contributed by atoms with Crippen LogP contribution in [-0.2, 0) is 14.3 Å². The van der Waals surface area contributed by atoms with Gasteiger partial charge in [0.15, 0.2) is 0 Å². The third-order valence-corrected chi connectivity index (χ3v) is 5.50. The molecule has 1 aliphatic rings. The monoisotopic (exact) mass is 305 g/mol. The second-order valence-corrected chi connectivity index (χ2v) is 7.80. The number of nitrogens with zero attached hydrogens (tertiary/aromatic N) is 1. The Bertz CT molecular complexity index is 322. The van der Waals surface area contributed by atoms with E-state index in [1.54, 1.807) is 35.3 Å². The molecule has 0 aromatic rings. The van der Waals surface area contributed by atoms with Crippen molar-refractivity contribution in [2.45, 2.75) is 38.5 Å². The van der Waals surface area contributed by atoms with E-state index < -0.39 is 0 Å². The van der Waals surface area contributed by atoms with Gasteiger partial charge in [-0.25, -0.2) is 0 Å². The topological polar surface area (TPSA) is 46.6 Å². The summed E-state index contributed by atoms with van der Waals surface area (Å²) in [4.78, 5) is 25.9. The largest absolute Gasteiger partial charge is 0.465 e. The van der Waals surface area contributed by atoms with Crippen LogP contribution in [-0.4, -0.2) is 58.0 Å². The van der Waals surface area contributed by atoms with Crippen molar-refractivity contribution in [3.05, 3.63) is 0 Å². The number of ether oxygens (including phenoxy) is 1. The molecular formula is C13H23NO3S2. The van der Waals surface area contributed by atoms with Crippen LogP contribution in [0.25, 0.3) is 0 Å². The molecule has 0 aliphatic carbocycles. The highest BCUT2D eigenvalue weighted by molar-refractivity contribution is 8.07. The molecule has 1 amide bonds. The smallest absolute Gasteiger partial charge is 0.325 e. The van der Waals surface area contributed by atoms with Crippen LogP contribution < -0.4 is 0 Å². The lowest BCUT2D eigenvalue weighted by Crippen LogP contribution is -2.52. The quantitative estimate of drug-likeness (QED) is 0.744. The Kier molecular flexibility index (Phi) is 6.53.